The largest absolute Gasteiger partial charge is 0.465 e. The first kappa shape index (κ1) is 13.6. The lowest BCUT2D eigenvalue weighted by Gasteiger charge is -2.04. The maximum absolute atomic E-state index is 12.3. The fraction of sp³-hybridized carbons (Fsp3) is 0.222. The first-order chi connectivity index (χ1) is 6.54. The predicted octanol–water partition coefficient (Wildman–Crippen LogP) is 2.41. The molecule has 0 saturated carbocycles. The molecule has 0 aliphatic heterocycles. The third kappa shape index (κ3) is 3.36. The Kier molecular flexibility index (Phi) is 5.00. The van der Waals surface area contributed by atoms with Crippen molar-refractivity contribution < 1.29 is 18.3 Å². The lowest BCUT2D eigenvalue weighted by Crippen LogP contribution is -2.03. The zero-order valence-electron chi connectivity index (χ0n) is 7.87. The summed E-state index contributed by atoms with van der Waals surface area (Å²) in [5.41, 5.74) is 5.21. The molecule has 0 heterocycles. The maximum Gasteiger partial charge on any atom is 0.337 e. The fourth-order valence-corrected chi connectivity index (χ4v) is 1.04. The number of esters is 1. The second-order valence-corrected chi connectivity index (χ2v) is 2.68. The van der Waals surface area contributed by atoms with E-state index in [2.05, 4.69) is 4.74 Å². The highest BCUT2D eigenvalue weighted by Gasteiger charge is 2.12. The van der Waals surface area contributed by atoms with Crippen LogP contribution < -0.4 is 5.73 Å². The second-order valence-electron chi connectivity index (χ2n) is 2.68. The smallest absolute Gasteiger partial charge is 0.337 e. The lowest BCUT2D eigenvalue weighted by molar-refractivity contribution is 0.0600. The molecule has 1 aromatic carbocycles. The molecule has 0 spiro atoms. The van der Waals surface area contributed by atoms with E-state index < -0.39 is 12.4 Å². The molecule has 1 rings (SSSR count). The predicted molar refractivity (Wildman–Crippen MR) is 54.4 cm³/mol. The van der Waals surface area contributed by atoms with E-state index in [0.29, 0.717) is 0 Å². The molecule has 0 aliphatic rings. The Bertz CT molecular complexity index is 358. The highest BCUT2D eigenvalue weighted by molar-refractivity contribution is 5.90. The Morgan fingerprint density at radius 3 is 2.47 bits per heavy atom. The number of nitrogen functional groups attached to an aromatic ring is 1. The molecule has 0 atom stereocenters. The SMILES string of the molecule is COC(=O)c1cc(N)cc(C(F)F)c1.Cl. The molecule has 15 heavy (non-hydrogen) atoms. The summed E-state index contributed by atoms with van der Waals surface area (Å²) in [5.74, 6) is -0.681. The van der Waals surface area contributed by atoms with Gasteiger partial charge in [0.15, 0.2) is 0 Å². The Balaban J connectivity index is 0.00000196. The van der Waals surface area contributed by atoms with Crippen LogP contribution in [0.5, 0.6) is 0 Å². The first-order valence-electron chi connectivity index (χ1n) is 3.81. The number of hydrogen-bond donors (Lipinski definition) is 1. The molecule has 2 N–H and O–H groups in total. The van der Waals surface area contributed by atoms with E-state index >= 15 is 0 Å². The van der Waals surface area contributed by atoms with Gasteiger partial charge in [0.1, 0.15) is 0 Å². The van der Waals surface area contributed by atoms with Gasteiger partial charge in [-0.3, -0.25) is 0 Å². The van der Waals surface area contributed by atoms with Crippen LogP contribution in [0.2, 0.25) is 0 Å². The molecule has 0 bridgehead atoms. The Morgan fingerprint density at radius 2 is 2.00 bits per heavy atom. The molecule has 0 aromatic heterocycles. The Hall–Kier alpha value is -1.36. The number of halogens is 3. The van der Waals surface area contributed by atoms with Crippen molar-refractivity contribution in [2.45, 2.75) is 6.43 Å². The van der Waals surface area contributed by atoms with Gasteiger partial charge < -0.3 is 10.5 Å². The number of ether oxygens (including phenoxy) is 1. The number of rotatable bonds is 2. The van der Waals surface area contributed by atoms with E-state index in [0.717, 1.165) is 12.1 Å². The van der Waals surface area contributed by atoms with Crippen molar-refractivity contribution in [1.82, 2.24) is 0 Å². The minimum absolute atomic E-state index is 0. The van der Waals surface area contributed by atoms with Gasteiger partial charge in [-0.05, 0) is 18.2 Å². The molecule has 84 valence electrons. The number of anilines is 1. The van der Waals surface area contributed by atoms with Crippen LogP contribution in [0.3, 0.4) is 0 Å². The van der Waals surface area contributed by atoms with Crippen LogP contribution in [0.4, 0.5) is 14.5 Å². The topological polar surface area (TPSA) is 52.3 Å². The summed E-state index contributed by atoms with van der Waals surface area (Å²) in [6.07, 6.45) is -2.65. The van der Waals surface area contributed by atoms with E-state index in [1.54, 1.807) is 0 Å². The van der Waals surface area contributed by atoms with Gasteiger partial charge in [-0.2, -0.15) is 0 Å². The average molecular weight is 238 g/mol. The molecule has 1 aromatic rings. The van der Waals surface area contributed by atoms with Crippen molar-refractivity contribution >= 4 is 24.1 Å². The summed E-state index contributed by atoms with van der Waals surface area (Å²) in [5, 5.41) is 0. The van der Waals surface area contributed by atoms with Crippen LogP contribution in [0.1, 0.15) is 22.3 Å². The van der Waals surface area contributed by atoms with E-state index in [1.165, 1.54) is 13.2 Å². The summed E-state index contributed by atoms with van der Waals surface area (Å²) in [4.78, 5) is 11.0. The first-order valence-corrected chi connectivity index (χ1v) is 3.81. The maximum atomic E-state index is 12.3. The highest BCUT2D eigenvalue weighted by atomic mass is 35.5. The van der Waals surface area contributed by atoms with Gasteiger partial charge in [0.25, 0.3) is 6.43 Å². The Labute approximate surface area is 91.6 Å². The van der Waals surface area contributed by atoms with E-state index in [9.17, 15) is 13.6 Å². The van der Waals surface area contributed by atoms with Crippen molar-refractivity contribution in [2.75, 3.05) is 12.8 Å². The standard InChI is InChI=1S/C9H9F2NO2.ClH/c1-14-9(13)6-2-5(8(10)11)3-7(12)4-6;/h2-4,8H,12H2,1H3;1H. The average Bonchev–Trinajstić information content (AvgIpc) is 2.15. The van der Waals surface area contributed by atoms with Gasteiger partial charge in [0, 0.05) is 11.3 Å². The molecule has 0 aliphatic carbocycles. The summed E-state index contributed by atoms with van der Waals surface area (Å²) in [6, 6.07) is 3.47. The van der Waals surface area contributed by atoms with Gasteiger partial charge in [-0.15, -0.1) is 12.4 Å². The molecular weight excluding hydrogens is 228 g/mol. The third-order valence-electron chi connectivity index (χ3n) is 1.65. The number of carbonyl (C=O) groups excluding carboxylic acids is 1. The summed E-state index contributed by atoms with van der Waals surface area (Å²) in [7, 11) is 1.17. The van der Waals surface area contributed by atoms with Crippen molar-refractivity contribution in [3.05, 3.63) is 29.3 Å². The highest BCUT2D eigenvalue weighted by Crippen LogP contribution is 2.22. The number of alkyl halides is 2. The van der Waals surface area contributed by atoms with E-state index in [4.69, 9.17) is 5.73 Å². The fourth-order valence-electron chi connectivity index (χ4n) is 1.04. The Morgan fingerprint density at radius 1 is 1.40 bits per heavy atom. The lowest BCUT2D eigenvalue weighted by atomic mass is 10.1. The van der Waals surface area contributed by atoms with Crippen LogP contribution in [0, 0.1) is 0 Å². The van der Waals surface area contributed by atoms with Gasteiger partial charge in [0.05, 0.1) is 12.7 Å². The van der Waals surface area contributed by atoms with Crippen LogP contribution >= 0.6 is 12.4 Å². The minimum atomic E-state index is -2.65. The normalized spacial score (nSPS) is 9.60. The molecule has 0 radical (unpaired) electrons. The number of hydrogen-bond acceptors (Lipinski definition) is 3. The molecule has 3 nitrogen and oxygen atoms in total. The number of methoxy groups -OCH3 is 1. The quantitative estimate of drug-likeness (QED) is 0.635. The summed E-state index contributed by atoms with van der Waals surface area (Å²) in [6.45, 7) is 0. The van der Waals surface area contributed by atoms with E-state index in [1.807, 2.05) is 0 Å². The number of nitrogens with two attached hydrogens (primary N) is 1. The van der Waals surface area contributed by atoms with Gasteiger partial charge in [-0.25, -0.2) is 13.6 Å². The van der Waals surface area contributed by atoms with Gasteiger partial charge in [0.2, 0.25) is 0 Å². The van der Waals surface area contributed by atoms with Gasteiger partial charge >= 0.3 is 5.97 Å². The molecule has 0 unspecified atom stereocenters. The van der Waals surface area contributed by atoms with Crippen LogP contribution in [0.25, 0.3) is 0 Å². The molecule has 0 fully saturated rings. The van der Waals surface area contributed by atoms with Crippen molar-refractivity contribution in [2.24, 2.45) is 0 Å². The molecule has 0 amide bonds. The third-order valence-corrected chi connectivity index (χ3v) is 1.65. The van der Waals surface area contributed by atoms with Crippen LogP contribution in [0.15, 0.2) is 18.2 Å². The molecule has 0 saturated heterocycles. The van der Waals surface area contributed by atoms with E-state index in [-0.39, 0.29) is 29.2 Å². The zero-order chi connectivity index (χ0) is 10.7. The minimum Gasteiger partial charge on any atom is -0.465 e. The number of benzene rings is 1. The second kappa shape index (κ2) is 5.50. The van der Waals surface area contributed by atoms with Crippen molar-refractivity contribution in [3.63, 3.8) is 0 Å². The van der Waals surface area contributed by atoms with Crippen molar-refractivity contribution in [1.29, 1.82) is 0 Å². The van der Waals surface area contributed by atoms with Gasteiger partial charge in [-0.1, -0.05) is 0 Å². The number of carbonyl (C=O) groups is 1. The van der Waals surface area contributed by atoms with Crippen LogP contribution in [-0.4, -0.2) is 13.1 Å². The zero-order valence-corrected chi connectivity index (χ0v) is 8.68. The van der Waals surface area contributed by atoms with Crippen LogP contribution in [-0.2, 0) is 4.74 Å². The summed E-state index contributed by atoms with van der Waals surface area (Å²) < 4.78 is 29.0. The van der Waals surface area contributed by atoms with Crippen molar-refractivity contribution in [3.8, 4) is 0 Å². The monoisotopic (exact) mass is 237 g/mol. The molecule has 6 heteroatoms. The summed E-state index contributed by atoms with van der Waals surface area (Å²) >= 11 is 0. The molecular formula is C9H10ClF2NO2.